The van der Waals surface area contributed by atoms with E-state index in [2.05, 4.69) is 5.10 Å². The Morgan fingerprint density at radius 3 is 2.33 bits per heavy atom. The predicted molar refractivity (Wildman–Crippen MR) is 129 cm³/mol. The smallest absolute Gasteiger partial charge is 0.230 e. The number of benzene rings is 3. The molecular formula is C26H21ClN4O2. The maximum absolute atomic E-state index is 12.0. The molecule has 1 aliphatic rings. The summed E-state index contributed by atoms with van der Waals surface area (Å²) < 4.78 is 7.10. The zero-order valence-corrected chi connectivity index (χ0v) is 18.7. The van der Waals surface area contributed by atoms with Crippen molar-refractivity contribution in [3.8, 4) is 22.7 Å². The molecule has 0 saturated heterocycles. The molecule has 0 fully saturated rings. The predicted octanol–water partition coefficient (Wildman–Crippen LogP) is 5.51. The van der Waals surface area contributed by atoms with Gasteiger partial charge in [-0.3, -0.25) is 4.79 Å². The van der Waals surface area contributed by atoms with Crippen LogP contribution >= 0.6 is 11.6 Å². The summed E-state index contributed by atoms with van der Waals surface area (Å²) in [6, 6.07) is 24.9. The van der Waals surface area contributed by atoms with Crippen LogP contribution < -0.4 is 4.74 Å². The van der Waals surface area contributed by atoms with Crippen molar-refractivity contribution < 1.29 is 9.53 Å². The van der Waals surface area contributed by atoms with Gasteiger partial charge in [0, 0.05) is 28.8 Å². The van der Waals surface area contributed by atoms with Gasteiger partial charge in [-0.1, -0.05) is 41.9 Å². The third-order valence-corrected chi connectivity index (χ3v) is 5.97. The molecule has 0 bridgehead atoms. The zero-order chi connectivity index (χ0) is 22.8. The number of para-hydroxylation sites is 1. The van der Waals surface area contributed by atoms with Crippen LogP contribution in [-0.4, -0.2) is 34.0 Å². The van der Waals surface area contributed by atoms with Crippen molar-refractivity contribution in [3.63, 3.8) is 0 Å². The number of hydrogen-bond acceptors (Lipinski definition) is 4. The molecule has 1 aliphatic heterocycles. The van der Waals surface area contributed by atoms with Gasteiger partial charge in [0.1, 0.15) is 5.75 Å². The van der Waals surface area contributed by atoms with Crippen molar-refractivity contribution in [2.75, 3.05) is 7.11 Å². The van der Waals surface area contributed by atoms with Crippen molar-refractivity contribution in [2.45, 2.75) is 12.5 Å². The van der Waals surface area contributed by atoms with Crippen molar-refractivity contribution >= 4 is 23.7 Å². The highest BCUT2D eigenvalue weighted by molar-refractivity contribution is 6.30. The second-order valence-electron chi connectivity index (χ2n) is 7.70. The number of methoxy groups -OCH3 is 1. The standard InChI is InChI=1S/C26H21ClN4O2/c1-33-22-13-9-18(10-14-22)24-15-25(31(17-32)28-24)23-16-30(21-5-3-2-4-6-21)29-26(23)19-7-11-20(27)12-8-19/h2-14,16-17,25H,15H2,1H3. The van der Waals surface area contributed by atoms with E-state index in [9.17, 15) is 4.79 Å². The minimum Gasteiger partial charge on any atom is -0.497 e. The van der Waals surface area contributed by atoms with Crippen LogP contribution in [0.15, 0.2) is 90.2 Å². The Balaban J connectivity index is 1.56. The van der Waals surface area contributed by atoms with E-state index in [1.54, 1.807) is 7.11 Å². The fourth-order valence-electron chi connectivity index (χ4n) is 4.01. The number of ether oxygens (including phenoxy) is 1. The van der Waals surface area contributed by atoms with Gasteiger partial charge in [-0.15, -0.1) is 0 Å². The highest BCUT2D eigenvalue weighted by Gasteiger charge is 2.32. The number of halogens is 1. The molecule has 7 heteroatoms. The number of hydrazone groups is 1. The first-order valence-corrected chi connectivity index (χ1v) is 10.9. The molecule has 2 heterocycles. The van der Waals surface area contributed by atoms with Crippen LogP contribution in [-0.2, 0) is 4.79 Å². The molecule has 5 rings (SSSR count). The summed E-state index contributed by atoms with van der Waals surface area (Å²) in [5.74, 6) is 0.773. The fraction of sp³-hybridized carbons (Fsp3) is 0.115. The first-order chi connectivity index (χ1) is 16.2. The molecule has 4 aromatic rings. The highest BCUT2D eigenvalue weighted by Crippen LogP contribution is 2.37. The van der Waals surface area contributed by atoms with Crippen LogP contribution in [0.1, 0.15) is 23.6 Å². The van der Waals surface area contributed by atoms with Gasteiger partial charge < -0.3 is 4.74 Å². The Kier molecular flexibility index (Phi) is 5.67. The highest BCUT2D eigenvalue weighted by atomic mass is 35.5. The van der Waals surface area contributed by atoms with Crippen molar-refractivity contribution in [2.24, 2.45) is 5.10 Å². The van der Waals surface area contributed by atoms with Crippen LogP contribution in [0.4, 0.5) is 0 Å². The number of carbonyl (C=O) groups is 1. The third kappa shape index (κ3) is 4.13. The van der Waals surface area contributed by atoms with Crippen LogP contribution in [0, 0.1) is 0 Å². The topological polar surface area (TPSA) is 59.7 Å². The Labute approximate surface area is 196 Å². The molecule has 1 aromatic heterocycles. The molecule has 164 valence electrons. The lowest BCUT2D eigenvalue weighted by molar-refractivity contribution is -0.119. The number of nitrogens with zero attached hydrogens (tertiary/aromatic N) is 4. The molecule has 3 aromatic carbocycles. The molecule has 1 unspecified atom stereocenters. The van der Waals surface area contributed by atoms with E-state index in [4.69, 9.17) is 21.4 Å². The first-order valence-electron chi connectivity index (χ1n) is 10.5. The third-order valence-electron chi connectivity index (χ3n) is 5.71. The number of rotatable bonds is 6. The van der Waals surface area contributed by atoms with E-state index in [0.29, 0.717) is 11.4 Å². The quantitative estimate of drug-likeness (QED) is 0.359. The Bertz CT molecular complexity index is 1300. The van der Waals surface area contributed by atoms with Crippen molar-refractivity contribution in [3.05, 3.63) is 101 Å². The van der Waals surface area contributed by atoms with Gasteiger partial charge in [-0.25, -0.2) is 9.69 Å². The maximum atomic E-state index is 12.0. The number of carbonyl (C=O) groups excluding carboxylic acids is 1. The molecule has 33 heavy (non-hydrogen) atoms. The van der Waals surface area contributed by atoms with Gasteiger partial charge in [0.15, 0.2) is 0 Å². The fourth-order valence-corrected chi connectivity index (χ4v) is 4.14. The molecule has 0 saturated carbocycles. The summed E-state index contributed by atoms with van der Waals surface area (Å²) in [4.78, 5) is 12.0. The molecular weight excluding hydrogens is 436 g/mol. The van der Waals surface area contributed by atoms with Gasteiger partial charge >= 0.3 is 0 Å². The van der Waals surface area contributed by atoms with E-state index in [-0.39, 0.29) is 6.04 Å². The van der Waals surface area contributed by atoms with Gasteiger partial charge in [-0.05, 0) is 54.1 Å². The van der Waals surface area contributed by atoms with Crippen LogP contribution in [0.2, 0.25) is 5.02 Å². The molecule has 0 aliphatic carbocycles. The molecule has 1 atom stereocenters. The number of aromatic nitrogens is 2. The van der Waals surface area contributed by atoms with Crippen LogP contribution in [0.3, 0.4) is 0 Å². The van der Waals surface area contributed by atoms with Crippen LogP contribution in [0.25, 0.3) is 16.9 Å². The van der Waals surface area contributed by atoms with E-state index in [0.717, 1.165) is 45.9 Å². The van der Waals surface area contributed by atoms with Crippen molar-refractivity contribution in [1.82, 2.24) is 14.8 Å². The molecule has 0 spiro atoms. The summed E-state index contributed by atoms with van der Waals surface area (Å²) >= 11 is 6.11. The summed E-state index contributed by atoms with van der Waals surface area (Å²) in [5, 5.41) is 11.6. The maximum Gasteiger partial charge on any atom is 0.230 e. The lowest BCUT2D eigenvalue weighted by atomic mass is 9.96. The molecule has 0 N–H and O–H groups in total. The summed E-state index contributed by atoms with van der Waals surface area (Å²) in [6.45, 7) is 0. The second-order valence-corrected chi connectivity index (χ2v) is 8.14. The van der Waals surface area contributed by atoms with Gasteiger partial charge in [-0.2, -0.15) is 10.2 Å². The summed E-state index contributed by atoms with van der Waals surface area (Å²) in [6.07, 6.45) is 3.33. The minimum absolute atomic E-state index is 0.275. The van der Waals surface area contributed by atoms with Gasteiger partial charge in [0.25, 0.3) is 0 Å². The van der Waals surface area contributed by atoms with Crippen molar-refractivity contribution in [1.29, 1.82) is 0 Å². The number of hydrogen-bond donors (Lipinski definition) is 0. The largest absolute Gasteiger partial charge is 0.497 e. The average molecular weight is 457 g/mol. The lowest BCUT2D eigenvalue weighted by Crippen LogP contribution is -2.17. The molecule has 6 nitrogen and oxygen atoms in total. The zero-order valence-electron chi connectivity index (χ0n) is 17.9. The minimum atomic E-state index is -0.275. The summed E-state index contributed by atoms with van der Waals surface area (Å²) in [7, 11) is 1.63. The van der Waals surface area contributed by atoms with E-state index >= 15 is 0 Å². The SMILES string of the molecule is COc1ccc(C2=NN(C=O)C(c3cn(-c4ccccc4)nc3-c3ccc(Cl)cc3)C2)cc1. The van der Waals surface area contributed by atoms with Gasteiger partial charge in [0.05, 0.1) is 30.2 Å². The second kappa shape index (κ2) is 8.92. The average Bonchev–Trinajstić information content (AvgIpc) is 3.50. The Hall–Kier alpha value is -3.90. The molecule has 0 radical (unpaired) electrons. The number of amides is 1. The Morgan fingerprint density at radius 1 is 0.970 bits per heavy atom. The van der Waals surface area contributed by atoms with Gasteiger partial charge in [0.2, 0.25) is 6.41 Å². The lowest BCUT2D eigenvalue weighted by Gasteiger charge is -2.17. The Morgan fingerprint density at radius 2 is 1.67 bits per heavy atom. The first kappa shape index (κ1) is 21.0. The monoisotopic (exact) mass is 456 g/mol. The van der Waals surface area contributed by atoms with E-state index in [1.807, 2.05) is 89.7 Å². The van der Waals surface area contributed by atoms with E-state index < -0.39 is 0 Å². The van der Waals surface area contributed by atoms with E-state index in [1.165, 1.54) is 5.01 Å². The van der Waals surface area contributed by atoms with Crippen LogP contribution in [0.5, 0.6) is 5.75 Å². The molecule has 1 amide bonds. The summed E-state index contributed by atoms with van der Waals surface area (Å²) in [5.41, 5.74) is 5.36. The normalized spacial score (nSPS) is 15.4.